The van der Waals surface area contributed by atoms with Crippen LogP contribution in [0.4, 0.5) is 28.4 Å². The van der Waals surface area contributed by atoms with Crippen LogP contribution in [0.1, 0.15) is 39.5 Å². The molecule has 1 spiro atoms. The number of fused-ring (bicyclic) bond motifs is 6. The fourth-order valence-corrected chi connectivity index (χ4v) is 6.80. The summed E-state index contributed by atoms with van der Waals surface area (Å²) in [6.45, 7) is 5.00. The highest BCUT2D eigenvalue weighted by Crippen LogP contribution is 2.57. The van der Waals surface area contributed by atoms with Crippen LogP contribution in [0.15, 0.2) is 146 Å². The van der Waals surface area contributed by atoms with Crippen molar-refractivity contribution in [2.24, 2.45) is 0 Å². The molecular weight excluding hydrogens is 568 g/mol. The lowest BCUT2D eigenvalue weighted by Crippen LogP contribution is -2.33. The monoisotopic (exact) mass is 600 g/mol. The van der Waals surface area contributed by atoms with Gasteiger partial charge in [-0.2, -0.15) is 0 Å². The number of carbonyl (C=O) groups is 1. The third-order valence-electron chi connectivity index (χ3n) is 8.94. The van der Waals surface area contributed by atoms with Gasteiger partial charge in [0, 0.05) is 63.8 Å². The Hall–Kier alpha value is -5.81. The molecule has 6 aromatic carbocycles. The first-order chi connectivity index (χ1) is 22.6. The molecule has 6 aromatic rings. The molecule has 2 heterocycles. The van der Waals surface area contributed by atoms with Crippen molar-refractivity contribution in [3.05, 3.63) is 173 Å². The van der Waals surface area contributed by atoms with E-state index in [1.165, 1.54) is 5.56 Å². The van der Waals surface area contributed by atoms with Crippen molar-refractivity contribution in [2.75, 3.05) is 16.3 Å². The van der Waals surface area contributed by atoms with Crippen LogP contribution in [-0.4, -0.2) is 12.5 Å². The number of aryl methyl sites for hydroxylation is 1. The summed E-state index contributed by atoms with van der Waals surface area (Å²) >= 11 is 0. The Morgan fingerprint density at radius 3 is 1.74 bits per heavy atom. The molecule has 5 heteroatoms. The molecule has 0 amide bonds. The minimum atomic E-state index is -1.14. The molecule has 224 valence electrons. The van der Waals surface area contributed by atoms with Gasteiger partial charge in [0.05, 0.1) is 5.56 Å². The first-order valence-electron chi connectivity index (χ1n) is 15.6. The van der Waals surface area contributed by atoms with Crippen LogP contribution in [0.5, 0.6) is 11.5 Å². The van der Waals surface area contributed by atoms with Crippen LogP contribution < -0.4 is 14.5 Å². The zero-order chi connectivity index (χ0) is 31.3. The molecule has 0 aromatic heterocycles. The third-order valence-corrected chi connectivity index (χ3v) is 8.94. The van der Waals surface area contributed by atoms with Crippen molar-refractivity contribution in [2.45, 2.75) is 19.4 Å². The molecule has 1 atom stereocenters. The van der Waals surface area contributed by atoms with E-state index in [4.69, 9.17) is 9.47 Å². The van der Waals surface area contributed by atoms with Gasteiger partial charge >= 0.3 is 5.97 Å². The molecule has 0 saturated carbocycles. The summed E-state index contributed by atoms with van der Waals surface area (Å²) in [6.07, 6.45) is 0. The van der Waals surface area contributed by atoms with Gasteiger partial charge < -0.3 is 19.3 Å². The summed E-state index contributed by atoms with van der Waals surface area (Å²) in [5.74, 6) is 0.956. The van der Waals surface area contributed by atoms with Gasteiger partial charge in [0.2, 0.25) is 0 Å². The molecule has 2 aliphatic rings. The van der Waals surface area contributed by atoms with E-state index in [2.05, 4.69) is 96.4 Å². The Bertz CT molecular complexity index is 2040. The fourth-order valence-electron chi connectivity index (χ4n) is 6.80. The van der Waals surface area contributed by atoms with E-state index in [-0.39, 0.29) is 5.97 Å². The first kappa shape index (κ1) is 27.7. The maximum Gasteiger partial charge on any atom is 0.340 e. The van der Waals surface area contributed by atoms with Crippen molar-refractivity contribution in [1.82, 2.24) is 0 Å². The van der Waals surface area contributed by atoms with Gasteiger partial charge in [0.25, 0.3) is 0 Å². The molecule has 2 aliphatic heterocycles. The van der Waals surface area contributed by atoms with Crippen LogP contribution >= 0.6 is 0 Å². The van der Waals surface area contributed by atoms with Gasteiger partial charge in [-0.3, -0.25) is 0 Å². The minimum absolute atomic E-state index is 0.340. The zero-order valence-corrected chi connectivity index (χ0v) is 25.7. The summed E-state index contributed by atoms with van der Waals surface area (Å²) in [7, 11) is 0. The molecule has 5 nitrogen and oxygen atoms in total. The normalized spacial score (nSPS) is 15.7. The number of para-hydroxylation sites is 2. The Morgan fingerprint density at radius 1 is 0.565 bits per heavy atom. The van der Waals surface area contributed by atoms with Crippen molar-refractivity contribution in [3.8, 4) is 11.5 Å². The Labute approximate surface area is 268 Å². The molecular formula is C41H32N2O3. The molecule has 0 radical (unpaired) electrons. The third kappa shape index (κ3) is 4.35. The molecule has 8 rings (SSSR count). The Kier molecular flexibility index (Phi) is 6.61. The highest BCUT2D eigenvalue weighted by Gasteiger charge is 2.53. The second-order valence-electron chi connectivity index (χ2n) is 11.7. The van der Waals surface area contributed by atoms with Crippen molar-refractivity contribution in [1.29, 1.82) is 0 Å². The molecule has 1 unspecified atom stereocenters. The lowest BCUT2D eigenvalue weighted by atomic mass is 9.77. The van der Waals surface area contributed by atoms with E-state index in [9.17, 15) is 4.79 Å². The van der Waals surface area contributed by atoms with E-state index in [0.717, 1.165) is 51.7 Å². The van der Waals surface area contributed by atoms with Crippen LogP contribution in [0.3, 0.4) is 0 Å². The SMILES string of the molecule is CCN(c1ccc(C)cc1)c1ccc2c(c1)Oc1cc(N(c3ccccc3)c3ccccc3)ccc1C21OC(=O)c2ccccc21. The highest BCUT2D eigenvalue weighted by molar-refractivity contribution is 5.97. The van der Waals surface area contributed by atoms with E-state index < -0.39 is 5.60 Å². The minimum Gasteiger partial charge on any atom is -0.456 e. The van der Waals surface area contributed by atoms with Gasteiger partial charge in [-0.05, 0) is 80.6 Å². The molecule has 0 aliphatic carbocycles. The van der Waals surface area contributed by atoms with Crippen LogP contribution in [0, 0.1) is 6.92 Å². The summed E-state index contributed by atoms with van der Waals surface area (Å²) in [6, 6.07) is 49.1. The number of benzene rings is 6. The number of nitrogens with zero attached hydrogens (tertiary/aromatic N) is 2. The maximum atomic E-state index is 13.5. The quantitative estimate of drug-likeness (QED) is 0.178. The van der Waals surface area contributed by atoms with Crippen molar-refractivity contribution >= 4 is 34.4 Å². The predicted molar refractivity (Wildman–Crippen MR) is 183 cm³/mol. The molecule has 0 saturated heterocycles. The number of hydrogen-bond acceptors (Lipinski definition) is 5. The van der Waals surface area contributed by atoms with Gasteiger partial charge in [-0.25, -0.2) is 4.79 Å². The predicted octanol–water partition coefficient (Wildman–Crippen LogP) is 10.2. The number of rotatable bonds is 6. The largest absolute Gasteiger partial charge is 0.456 e. The smallest absolute Gasteiger partial charge is 0.340 e. The number of anilines is 5. The Balaban J connectivity index is 1.32. The summed E-state index contributed by atoms with van der Waals surface area (Å²) in [4.78, 5) is 17.9. The van der Waals surface area contributed by atoms with Crippen LogP contribution in [0.25, 0.3) is 0 Å². The van der Waals surface area contributed by atoms with Crippen LogP contribution in [0.2, 0.25) is 0 Å². The fraction of sp³-hybridized carbons (Fsp3) is 0.0976. The lowest BCUT2D eigenvalue weighted by molar-refractivity contribution is 0.0224. The highest BCUT2D eigenvalue weighted by atomic mass is 16.6. The lowest BCUT2D eigenvalue weighted by Gasteiger charge is -2.38. The second-order valence-corrected chi connectivity index (χ2v) is 11.7. The number of carbonyl (C=O) groups excluding carboxylic acids is 1. The molecule has 46 heavy (non-hydrogen) atoms. The maximum absolute atomic E-state index is 13.5. The van der Waals surface area contributed by atoms with Gasteiger partial charge in [-0.1, -0.05) is 72.3 Å². The van der Waals surface area contributed by atoms with Gasteiger partial charge in [0.15, 0.2) is 5.60 Å². The van der Waals surface area contributed by atoms with Crippen molar-refractivity contribution < 1.29 is 14.3 Å². The van der Waals surface area contributed by atoms with Gasteiger partial charge in [-0.15, -0.1) is 0 Å². The standard InChI is InChI=1S/C41H32N2O3/c1-3-42(29-20-18-28(2)19-21-29)32-22-24-36-38(26-32)45-39-27-33(43(30-12-6-4-7-13-30)31-14-8-5-9-15-31)23-25-37(39)41(36)35-17-11-10-16-34(35)40(44)46-41/h4-27H,3H2,1-2H3. The molecule has 0 fully saturated rings. The summed E-state index contributed by atoms with van der Waals surface area (Å²) in [5, 5.41) is 0. The summed E-state index contributed by atoms with van der Waals surface area (Å²) < 4.78 is 13.3. The molecule has 0 bridgehead atoms. The van der Waals surface area contributed by atoms with E-state index in [0.29, 0.717) is 17.1 Å². The van der Waals surface area contributed by atoms with Gasteiger partial charge in [0.1, 0.15) is 11.5 Å². The second kappa shape index (κ2) is 11.0. The number of hydrogen-bond donors (Lipinski definition) is 0. The topological polar surface area (TPSA) is 42.0 Å². The summed E-state index contributed by atoms with van der Waals surface area (Å²) in [5.41, 5.74) is 8.13. The number of esters is 1. The molecule has 0 N–H and O–H groups in total. The van der Waals surface area contributed by atoms with Crippen LogP contribution in [-0.2, 0) is 10.3 Å². The van der Waals surface area contributed by atoms with E-state index in [1.807, 2.05) is 72.8 Å². The first-order valence-corrected chi connectivity index (χ1v) is 15.6. The zero-order valence-electron chi connectivity index (χ0n) is 25.7. The Morgan fingerprint density at radius 2 is 1.11 bits per heavy atom. The average molecular weight is 601 g/mol. The average Bonchev–Trinajstić information content (AvgIpc) is 3.39. The van der Waals surface area contributed by atoms with E-state index >= 15 is 0 Å². The van der Waals surface area contributed by atoms with E-state index in [1.54, 1.807) is 0 Å². The number of ether oxygens (including phenoxy) is 2. The van der Waals surface area contributed by atoms with Crippen molar-refractivity contribution in [3.63, 3.8) is 0 Å².